The zero-order valence-corrected chi connectivity index (χ0v) is 12.8. The maximum atomic E-state index is 5.77. The maximum absolute atomic E-state index is 5.77. The van der Waals surface area contributed by atoms with E-state index in [0.29, 0.717) is 11.0 Å². The standard InChI is InChI=1S/C15H23N3S/c1-9-4-6-12(8-10(9)2)18-15-13(14(16)19)7-5-11(3)17-15/h5,7,9-10,12H,4,6,8H2,1-3H3,(H2,16,19)(H,17,18). The van der Waals surface area contributed by atoms with Crippen molar-refractivity contribution in [1.29, 1.82) is 0 Å². The first-order chi connectivity index (χ1) is 8.97. The molecule has 1 aromatic rings. The first kappa shape index (κ1) is 14.3. The van der Waals surface area contributed by atoms with E-state index in [9.17, 15) is 0 Å². The van der Waals surface area contributed by atoms with Crippen LogP contribution in [0.1, 0.15) is 44.4 Å². The highest BCUT2D eigenvalue weighted by molar-refractivity contribution is 7.80. The van der Waals surface area contributed by atoms with Crippen molar-refractivity contribution in [2.24, 2.45) is 17.6 Å². The Balaban J connectivity index is 2.14. The molecule has 0 aliphatic heterocycles. The minimum Gasteiger partial charge on any atom is -0.389 e. The third-order valence-electron chi connectivity index (χ3n) is 4.24. The Bertz CT molecular complexity index is 472. The molecule has 0 radical (unpaired) electrons. The normalized spacial score (nSPS) is 27.0. The predicted molar refractivity (Wildman–Crippen MR) is 84.5 cm³/mol. The fourth-order valence-corrected chi connectivity index (χ4v) is 2.90. The lowest BCUT2D eigenvalue weighted by molar-refractivity contribution is 0.260. The molecule has 0 amide bonds. The molecule has 3 nitrogen and oxygen atoms in total. The SMILES string of the molecule is Cc1ccc(C(N)=S)c(NC2CCC(C)C(C)C2)n1. The van der Waals surface area contributed by atoms with Gasteiger partial charge in [-0.15, -0.1) is 0 Å². The lowest BCUT2D eigenvalue weighted by Gasteiger charge is -2.33. The van der Waals surface area contributed by atoms with Crippen LogP contribution in [-0.2, 0) is 0 Å². The summed E-state index contributed by atoms with van der Waals surface area (Å²) >= 11 is 5.10. The topological polar surface area (TPSA) is 50.9 Å². The lowest BCUT2D eigenvalue weighted by Crippen LogP contribution is -2.31. The summed E-state index contributed by atoms with van der Waals surface area (Å²) in [6.45, 7) is 6.66. The van der Waals surface area contributed by atoms with Gasteiger partial charge in [0.2, 0.25) is 0 Å². The molecule has 0 saturated heterocycles. The van der Waals surface area contributed by atoms with E-state index in [0.717, 1.165) is 28.9 Å². The Morgan fingerprint density at radius 3 is 2.68 bits per heavy atom. The molecule has 2 rings (SSSR count). The molecule has 104 valence electrons. The maximum Gasteiger partial charge on any atom is 0.136 e. The van der Waals surface area contributed by atoms with Gasteiger partial charge in [0.1, 0.15) is 10.8 Å². The number of hydrogen-bond acceptors (Lipinski definition) is 3. The number of nitrogens with one attached hydrogen (secondary N) is 1. The van der Waals surface area contributed by atoms with Crippen LogP contribution < -0.4 is 11.1 Å². The molecule has 1 aliphatic rings. The van der Waals surface area contributed by atoms with E-state index in [1.165, 1.54) is 19.3 Å². The summed E-state index contributed by atoms with van der Waals surface area (Å²) in [7, 11) is 0. The molecule has 0 aromatic carbocycles. The molecule has 0 spiro atoms. The van der Waals surface area contributed by atoms with Gasteiger partial charge in [-0.05, 0) is 50.2 Å². The molecule has 1 heterocycles. The van der Waals surface area contributed by atoms with E-state index in [-0.39, 0.29) is 0 Å². The highest BCUT2D eigenvalue weighted by atomic mass is 32.1. The van der Waals surface area contributed by atoms with Crippen LogP contribution in [0.4, 0.5) is 5.82 Å². The highest BCUT2D eigenvalue weighted by Crippen LogP contribution is 2.31. The number of nitrogens with two attached hydrogens (primary N) is 1. The number of aryl methyl sites for hydroxylation is 1. The van der Waals surface area contributed by atoms with Crippen molar-refractivity contribution in [2.45, 2.75) is 46.1 Å². The second kappa shape index (κ2) is 5.87. The van der Waals surface area contributed by atoms with Gasteiger partial charge in [-0.3, -0.25) is 0 Å². The van der Waals surface area contributed by atoms with Crippen molar-refractivity contribution in [1.82, 2.24) is 4.98 Å². The number of nitrogens with zero attached hydrogens (tertiary/aromatic N) is 1. The van der Waals surface area contributed by atoms with Gasteiger partial charge < -0.3 is 11.1 Å². The van der Waals surface area contributed by atoms with Crippen LogP contribution in [0.25, 0.3) is 0 Å². The van der Waals surface area contributed by atoms with Crippen LogP contribution in [-0.4, -0.2) is 16.0 Å². The van der Waals surface area contributed by atoms with Gasteiger partial charge in [-0.1, -0.05) is 26.1 Å². The third kappa shape index (κ3) is 3.44. The van der Waals surface area contributed by atoms with E-state index in [1.807, 2.05) is 19.1 Å². The predicted octanol–water partition coefficient (Wildman–Crippen LogP) is 3.26. The molecule has 3 unspecified atom stereocenters. The molecular weight excluding hydrogens is 254 g/mol. The summed E-state index contributed by atoms with van der Waals surface area (Å²) < 4.78 is 0. The fourth-order valence-electron chi connectivity index (χ4n) is 2.74. The van der Waals surface area contributed by atoms with Crippen LogP contribution in [0, 0.1) is 18.8 Å². The van der Waals surface area contributed by atoms with E-state index in [1.54, 1.807) is 0 Å². The number of aromatic nitrogens is 1. The summed E-state index contributed by atoms with van der Waals surface area (Å²) in [5, 5.41) is 3.54. The summed E-state index contributed by atoms with van der Waals surface area (Å²) in [6.07, 6.45) is 3.65. The number of hydrogen-bond donors (Lipinski definition) is 2. The van der Waals surface area contributed by atoms with E-state index in [4.69, 9.17) is 18.0 Å². The van der Waals surface area contributed by atoms with Crippen LogP contribution >= 0.6 is 12.2 Å². The number of thiocarbonyl (C=S) groups is 1. The fraction of sp³-hybridized carbons (Fsp3) is 0.600. The lowest BCUT2D eigenvalue weighted by atomic mass is 9.79. The molecule has 19 heavy (non-hydrogen) atoms. The second-order valence-corrected chi connectivity index (χ2v) is 6.26. The molecule has 3 N–H and O–H groups in total. The molecule has 0 bridgehead atoms. The molecule has 1 fully saturated rings. The molecule has 1 aliphatic carbocycles. The minimum atomic E-state index is 0.409. The smallest absolute Gasteiger partial charge is 0.136 e. The van der Waals surface area contributed by atoms with E-state index in [2.05, 4.69) is 24.1 Å². The van der Waals surface area contributed by atoms with Gasteiger partial charge in [0.25, 0.3) is 0 Å². The molecule has 4 heteroatoms. The van der Waals surface area contributed by atoms with Crippen molar-refractivity contribution in [3.63, 3.8) is 0 Å². The van der Waals surface area contributed by atoms with Crippen LogP contribution in [0.15, 0.2) is 12.1 Å². The van der Waals surface area contributed by atoms with Gasteiger partial charge in [0, 0.05) is 11.7 Å². The van der Waals surface area contributed by atoms with Gasteiger partial charge >= 0.3 is 0 Å². The van der Waals surface area contributed by atoms with Crippen LogP contribution in [0.2, 0.25) is 0 Å². The van der Waals surface area contributed by atoms with Crippen molar-refractivity contribution in [2.75, 3.05) is 5.32 Å². The van der Waals surface area contributed by atoms with Crippen LogP contribution in [0.3, 0.4) is 0 Å². The molecule has 3 atom stereocenters. The van der Waals surface area contributed by atoms with Crippen molar-refractivity contribution in [3.8, 4) is 0 Å². The summed E-state index contributed by atoms with van der Waals surface area (Å²) in [5.74, 6) is 2.42. The zero-order valence-electron chi connectivity index (χ0n) is 11.9. The quantitative estimate of drug-likeness (QED) is 0.833. The average Bonchev–Trinajstić information content (AvgIpc) is 2.33. The van der Waals surface area contributed by atoms with Crippen molar-refractivity contribution in [3.05, 3.63) is 23.4 Å². The van der Waals surface area contributed by atoms with E-state index < -0.39 is 0 Å². The van der Waals surface area contributed by atoms with Gasteiger partial charge in [-0.2, -0.15) is 0 Å². The summed E-state index contributed by atoms with van der Waals surface area (Å²) in [4.78, 5) is 4.96. The van der Waals surface area contributed by atoms with E-state index >= 15 is 0 Å². The van der Waals surface area contributed by atoms with Gasteiger partial charge in [0.05, 0.1) is 5.56 Å². The summed E-state index contributed by atoms with van der Waals surface area (Å²) in [5.41, 5.74) is 7.61. The first-order valence-corrected chi connectivity index (χ1v) is 7.42. The number of pyridine rings is 1. The Morgan fingerprint density at radius 2 is 2.05 bits per heavy atom. The Kier molecular flexibility index (Phi) is 4.40. The number of rotatable bonds is 3. The highest BCUT2D eigenvalue weighted by Gasteiger charge is 2.25. The Labute approximate surface area is 121 Å². The number of anilines is 1. The zero-order chi connectivity index (χ0) is 14.0. The molecule has 1 saturated carbocycles. The van der Waals surface area contributed by atoms with Crippen molar-refractivity contribution < 1.29 is 0 Å². The first-order valence-electron chi connectivity index (χ1n) is 7.01. The second-order valence-electron chi connectivity index (χ2n) is 5.82. The summed E-state index contributed by atoms with van der Waals surface area (Å²) in [6, 6.07) is 4.39. The minimum absolute atomic E-state index is 0.409. The largest absolute Gasteiger partial charge is 0.389 e. The van der Waals surface area contributed by atoms with Gasteiger partial charge in [0.15, 0.2) is 0 Å². The monoisotopic (exact) mass is 277 g/mol. The Hall–Kier alpha value is -1.16. The van der Waals surface area contributed by atoms with Crippen molar-refractivity contribution >= 4 is 23.0 Å². The van der Waals surface area contributed by atoms with Crippen LogP contribution in [0.5, 0.6) is 0 Å². The average molecular weight is 277 g/mol. The molecular formula is C15H23N3S. The van der Waals surface area contributed by atoms with Gasteiger partial charge in [-0.25, -0.2) is 4.98 Å². The molecule has 1 aromatic heterocycles. The third-order valence-corrected chi connectivity index (χ3v) is 4.46. The Morgan fingerprint density at radius 1 is 1.32 bits per heavy atom.